The lowest BCUT2D eigenvalue weighted by Gasteiger charge is -2.15. The molecule has 1 aromatic carbocycles. The van der Waals surface area contributed by atoms with Crippen molar-refractivity contribution < 1.29 is 0 Å². The van der Waals surface area contributed by atoms with Gasteiger partial charge in [0.1, 0.15) is 0 Å². The second kappa shape index (κ2) is 5.30. The van der Waals surface area contributed by atoms with Crippen LogP contribution in [0.1, 0.15) is 54.6 Å². The first-order valence-corrected chi connectivity index (χ1v) is 8.18. The van der Waals surface area contributed by atoms with E-state index in [1.807, 2.05) is 0 Å². The normalized spacial score (nSPS) is 25.4. The summed E-state index contributed by atoms with van der Waals surface area (Å²) in [5.74, 6) is 0.495. The third kappa shape index (κ3) is 2.40. The van der Waals surface area contributed by atoms with E-state index in [0.29, 0.717) is 12.0 Å². The molecule has 0 amide bonds. The first-order valence-electron chi connectivity index (χ1n) is 8.18. The zero-order valence-corrected chi connectivity index (χ0v) is 12.4. The average Bonchev–Trinajstić information content (AvgIpc) is 3.21. The number of nitrogens with zero attached hydrogens (tertiary/aromatic N) is 2. The molecule has 0 bridgehead atoms. The molecule has 2 atom stereocenters. The summed E-state index contributed by atoms with van der Waals surface area (Å²) in [5, 5.41) is 4.81. The van der Waals surface area contributed by atoms with Gasteiger partial charge >= 0.3 is 0 Å². The second-order valence-corrected chi connectivity index (χ2v) is 6.62. The van der Waals surface area contributed by atoms with Gasteiger partial charge in [0.15, 0.2) is 0 Å². The Bertz CT molecular complexity index is 625. The zero-order chi connectivity index (χ0) is 14.2. The highest BCUT2D eigenvalue weighted by atomic mass is 15.3. The predicted molar refractivity (Wildman–Crippen MR) is 84.0 cm³/mol. The minimum atomic E-state index is 0.165. The minimum Gasteiger partial charge on any atom is -0.324 e. The molecule has 110 valence electrons. The van der Waals surface area contributed by atoms with E-state index >= 15 is 0 Å². The van der Waals surface area contributed by atoms with Gasteiger partial charge in [0.25, 0.3) is 0 Å². The van der Waals surface area contributed by atoms with Crippen LogP contribution in [-0.4, -0.2) is 9.78 Å². The average molecular weight is 281 g/mol. The van der Waals surface area contributed by atoms with Gasteiger partial charge in [-0.15, -0.1) is 0 Å². The molecular formula is C18H23N3. The number of benzene rings is 1. The molecule has 0 aliphatic heterocycles. The molecule has 2 N–H and O–H groups in total. The number of rotatable bonds is 3. The molecule has 1 saturated carbocycles. The van der Waals surface area contributed by atoms with Gasteiger partial charge in [0.05, 0.1) is 11.7 Å². The van der Waals surface area contributed by atoms with E-state index in [0.717, 1.165) is 12.8 Å². The molecule has 3 heteroatoms. The third-order valence-electron chi connectivity index (χ3n) is 5.24. The van der Waals surface area contributed by atoms with Crippen LogP contribution in [0.3, 0.4) is 0 Å². The molecule has 0 spiro atoms. The maximum Gasteiger partial charge on any atom is 0.0628 e. The Morgan fingerprint density at radius 3 is 2.76 bits per heavy atom. The van der Waals surface area contributed by atoms with E-state index in [1.54, 1.807) is 0 Å². The minimum absolute atomic E-state index is 0.165. The molecule has 21 heavy (non-hydrogen) atoms. The van der Waals surface area contributed by atoms with E-state index in [9.17, 15) is 0 Å². The molecule has 1 heterocycles. The molecule has 2 unspecified atom stereocenters. The largest absolute Gasteiger partial charge is 0.324 e. The number of nitrogens with two attached hydrogens (primary N) is 1. The molecule has 0 radical (unpaired) electrons. The van der Waals surface area contributed by atoms with Crippen LogP contribution in [0.15, 0.2) is 36.5 Å². The third-order valence-corrected chi connectivity index (χ3v) is 5.24. The molecule has 2 aromatic rings. The molecule has 2 aliphatic rings. The summed E-state index contributed by atoms with van der Waals surface area (Å²) in [5.41, 5.74) is 10.4. The maximum atomic E-state index is 6.43. The second-order valence-electron chi connectivity index (χ2n) is 6.62. The summed E-state index contributed by atoms with van der Waals surface area (Å²) in [7, 11) is 0. The Labute approximate surface area is 126 Å². The summed E-state index contributed by atoms with van der Waals surface area (Å²) in [6.07, 6.45) is 9.53. The lowest BCUT2D eigenvalue weighted by atomic mass is 9.96. The van der Waals surface area contributed by atoms with E-state index in [2.05, 4.69) is 41.2 Å². The summed E-state index contributed by atoms with van der Waals surface area (Å²) in [6.45, 7) is 0. The Morgan fingerprint density at radius 2 is 1.95 bits per heavy atom. The predicted octanol–water partition coefficient (Wildman–Crippen LogP) is 3.41. The molecule has 4 rings (SSSR count). The molecule has 1 aromatic heterocycles. The van der Waals surface area contributed by atoms with E-state index in [4.69, 9.17) is 10.8 Å². The monoisotopic (exact) mass is 281 g/mol. The fourth-order valence-corrected chi connectivity index (χ4v) is 4.03. The van der Waals surface area contributed by atoms with Crippen molar-refractivity contribution in [1.29, 1.82) is 0 Å². The van der Waals surface area contributed by atoms with Crippen molar-refractivity contribution >= 4 is 0 Å². The number of hydrogen-bond donors (Lipinski definition) is 1. The fraction of sp³-hybridized carbons (Fsp3) is 0.500. The van der Waals surface area contributed by atoms with Gasteiger partial charge in [-0.25, -0.2) is 0 Å². The van der Waals surface area contributed by atoms with Gasteiger partial charge < -0.3 is 5.73 Å². The van der Waals surface area contributed by atoms with Crippen LogP contribution in [0.5, 0.6) is 0 Å². The highest BCUT2D eigenvalue weighted by Crippen LogP contribution is 2.36. The topological polar surface area (TPSA) is 43.8 Å². The smallest absolute Gasteiger partial charge is 0.0628 e. The van der Waals surface area contributed by atoms with E-state index in [-0.39, 0.29) is 6.04 Å². The van der Waals surface area contributed by atoms with Crippen molar-refractivity contribution in [2.24, 2.45) is 11.7 Å². The lowest BCUT2D eigenvalue weighted by molar-refractivity contribution is 0.437. The Balaban J connectivity index is 1.47. The molecule has 0 saturated heterocycles. The van der Waals surface area contributed by atoms with Gasteiger partial charge in [-0.3, -0.25) is 4.68 Å². The highest BCUT2D eigenvalue weighted by molar-refractivity contribution is 5.35. The van der Waals surface area contributed by atoms with Gasteiger partial charge in [0.2, 0.25) is 0 Å². The van der Waals surface area contributed by atoms with Crippen molar-refractivity contribution in [1.82, 2.24) is 9.78 Å². The molecule has 1 fully saturated rings. The number of fused-ring (bicyclic) bond motifs is 1. The van der Waals surface area contributed by atoms with Crippen molar-refractivity contribution in [3.05, 3.63) is 53.3 Å². The molecule has 2 aliphatic carbocycles. The first kappa shape index (κ1) is 13.1. The quantitative estimate of drug-likeness (QED) is 0.937. The van der Waals surface area contributed by atoms with Crippen molar-refractivity contribution in [3.63, 3.8) is 0 Å². The summed E-state index contributed by atoms with van der Waals surface area (Å²) in [6, 6.07) is 11.6. The van der Waals surface area contributed by atoms with Gasteiger partial charge in [-0.05, 0) is 48.8 Å². The van der Waals surface area contributed by atoms with Crippen LogP contribution in [0.25, 0.3) is 0 Å². The van der Waals surface area contributed by atoms with Gasteiger partial charge in [-0.1, -0.05) is 37.1 Å². The van der Waals surface area contributed by atoms with Crippen molar-refractivity contribution in [2.45, 2.75) is 50.6 Å². The van der Waals surface area contributed by atoms with Crippen LogP contribution in [-0.2, 0) is 12.8 Å². The van der Waals surface area contributed by atoms with Crippen molar-refractivity contribution in [2.75, 3.05) is 0 Å². The Kier molecular flexibility index (Phi) is 3.30. The van der Waals surface area contributed by atoms with E-state index < -0.39 is 0 Å². The molecular weight excluding hydrogens is 258 g/mol. The van der Waals surface area contributed by atoms with Crippen LogP contribution in [0, 0.1) is 5.92 Å². The summed E-state index contributed by atoms with van der Waals surface area (Å²) < 4.78 is 2.19. The van der Waals surface area contributed by atoms with Gasteiger partial charge in [0, 0.05) is 12.2 Å². The SMILES string of the molecule is NC1c2ccccc2CC1Cc1ccn(C2CCCC2)n1. The standard InChI is InChI=1S/C18H23N3/c19-18-14(11-13-5-1-4-8-17(13)18)12-15-9-10-21(20-15)16-6-2-3-7-16/h1,4-5,8-10,14,16,18H,2-3,6-7,11-12,19H2. The van der Waals surface area contributed by atoms with Gasteiger partial charge in [-0.2, -0.15) is 5.10 Å². The van der Waals surface area contributed by atoms with E-state index in [1.165, 1.54) is 42.5 Å². The summed E-state index contributed by atoms with van der Waals surface area (Å²) >= 11 is 0. The van der Waals surface area contributed by atoms with Crippen LogP contribution in [0.2, 0.25) is 0 Å². The number of aromatic nitrogens is 2. The number of hydrogen-bond acceptors (Lipinski definition) is 2. The summed E-state index contributed by atoms with van der Waals surface area (Å²) in [4.78, 5) is 0. The van der Waals surface area contributed by atoms with Crippen LogP contribution < -0.4 is 5.73 Å². The zero-order valence-electron chi connectivity index (χ0n) is 12.4. The Hall–Kier alpha value is -1.61. The maximum absolute atomic E-state index is 6.43. The lowest BCUT2D eigenvalue weighted by Crippen LogP contribution is -2.19. The van der Waals surface area contributed by atoms with Crippen molar-refractivity contribution in [3.8, 4) is 0 Å². The van der Waals surface area contributed by atoms with Crippen LogP contribution in [0.4, 0.5) is 0 Å². The fourth-order valence-electron chi connectivity index (χ4n) is 4.03. The van der Waals surface area contributed by atoms with Crippen LogP contribution >= 0.6 is 0 Å². The molecule has 3 nitrogen and oxygen atoms in total. The Morgan fingerprint density at radius 1 is 1.14 bits per heavy atom. The first-order chi connectivity index (χ1) is 10.3. The highest BCUT2D eigenvalue weighted by Gasteiger charge is 2.30.